The fourth-order valence-electron chi connectivity index (χ4n) is 2.54. The van der Waals surface area contributed by atoms with E-state index in [1.807, 2.05) is 22.9 Å². The number of hydrogen-bond donors (Lipinski definition) is 0. The highest BCUT2D eigenvalue weighted by Gasteiger charge is 2.19. The first kappa shape index (κ1) is 14.2. The van der Waals surface area contributed by atoms with Gasteiger partial charge in [-0.3, -0.25) is 0 Å². The van der Waals surface area contributed by atoms with E-state index in [0.29, 0.717) is 0 Å². The van der Waals surface area contributed by atoms with Crippen LogP contribution in [0.2, 0.25) is 0 Å². The lowest BCUT2D eigenvalue weighted by Crippen LogP contribution is -2.14. The molecule has 1 aromatic heterocycles. The second-order valence-electron chi connectivity index (χ2n) is 5.57. The second kappa shape index (κ2) is 6.01. The fraction of sp³-hybridized carbons (Fsp3) is 0.167. The van der Waals surface area contributed by atoms with Crippen molar-refractivity contribution in [1.29, 1.82) is 0 Å². The normalized spacial score (nSPS) is 13.5. The van der Waals surface area contributed by atoms with E-state index in [2.05, 4.69) is 53.5 Å². The van der Waals surface area contributed by atoms with E-state index in [9.17, 15) is 0 Å². The van der Waals surface area contributed by atoms with Gasteiger partial charge in [0.15, 0.2) is 5.82 Å². The Morgan fingerprint density at radius 3 is 2.57 bits per heavy atom. The van der Waals surface area contributed by atoms with Crippen LogP contribution in [-0.2, 0) is 6.42 Å². The summed E-state index contributed by atoms with van der Waals surface area (Å²) in [6.07, 6.45) is 0.735. The van der Waals surface area contributed by atoms with Gasteiger partial charge in [-0.25, -0.2) is 0 Å². The van der Waals surface area contributed by atoms with Crippen LogP contribution in [0.3, 0.4) is 0 Å². The number of aromatic nitrogens is 3. The van der Waals surface area contributed by atoms with Gasteiger partial charge >= 0.3 is 0 Å². The van der Waals surface area contributed by atoms with Crippen molar-refractivity contribution in [3.05, 3.63) is 77.1 Å². The van der Waals surface area contributed by atoms with Crippen molar-refractivity contribution in [3.8, 4) is 0 Å². The molecule has 4 nitrogen and oxygen atoms in total. The van der Waals surface area contributed by atoms with Crippen LogP contribution >= 0.6 is 11.8 Å². The standard InChI is InChI=1S/C18H16N4S/c1-13-7-9-15(10-8-13)16-12-23-18-20-19-17(22(18)21-16)11-14-5-3-2-4-6-14/h2-10H,11-12H2,1H3. The summed E-state index contributed by atoms with van der Waals surface area (Å²) in [7, 11) is 0. The number of aryl methyl sites for hydroxylation is 1. The third-order valence-corrected chi connectivity index (χ3v) is 4.76. The fourth-order valence-corrected chi connectivity index (χ4v) is 3.40. The highest BCUT2D eigenvalue weighted by Crippen LogP contribution is 2.25. The molecule has 4 rings (SSSR count). The van der Waals surface area contributed by atoms with Crippen LogP contribution in [0.5, 0.6) is 0 Å². The van der Waals surface area contributed by atoms with Gasteiger partial charge in [-0.15, -0.1) is 10.2 Å². The lowest BCUT2D eigenvalue weighted by atomic mass is 10.1. The zero-order valence-electron chi connectivity index (χ0n) is 12.8. The maximum absolute atomic E-state index is 4.79. The summed E-state index contributed by atoms with van der Waals surface area (Å²) in [6.45, 7) is 2.09. The van der Waals surface area contributed by atoms with Crippen molar-refractivity contribution in [3.63, 3.8) is 0 Å². The summed E-state index contributed by atoms with van der Waals surface area (Å²) >= 11 is 1.69. The molecule has 0 unspecified atom stereocenters. The predicted octanol–water partition coefficient (Wildman–Crippen LogP) is 3.54. The van der Waals surface area contributed by atoms with Crippen LogP contribution in [0.15, 0.2) is 64.9 Å². The number of fused-ring (bicyclic) bond motifs is 1. The smallest absolute Gasteiger partial charge is 0.191 e. The van der Waals surface area contributed by atoms with Gasteiger partial charge in [0.1, 0.15) is 0 Å². The third-order valence-electron chi connectivity index (χ3n) is 3.83. The van der Waals surface area contributed by atoms with Crippen molar-refractivity contribution in [2.45, 2.75) is 18.5 Å². The van der Waals surface area contributed by atoms with E-state index >= 15 is 0 Å². The monoisotopic (exact) mass is 320 g/mol. The number of rotatable bonds is 3. The SMILES string of the molecule is Cc1ccc(C2=Nn3c(Cc4ccccc4)nnc3SC2)cc1. The Kier molecular flexibility index (Phi) is 3.71. The summed E-state index contributed by atoms with van der Waals surface area (Å²) in [5.74, 6) is 1.70. The van der Waals surface area contributed by atoms with E-state index in [4.69, 9.17) is 5.10 Å². The van der Waals surface area contributed by atoms with Gasteiger partial charge in [0.2, 0.25) is 5.16 Å². The molecule has 0 aliphatic carbocycles. The minimum atomic E-state index is 0.735. The molecule has 5 heteroatoms. The molecule has 114 valence electrons. The number of hydrogen-bond acceptors (Lipinski definition) is 4. The highest BCUT2D eigenvalue weighted by molar-refractivity contribution is 7.99. The van der Waals surface area contributed by atoms with Crippen LogP contribution < -0.4 is 0 Å². The molecule has 0 saturated heterocycles. The first-order valence-corrected chi connectivity index (χ1v) is 8.54. The lowest BCUT2D eigenvalue weighted by Gasteiger charge is -2.14. The summed E-state index contributed by atoms with van der Waals surface area (Å²) in [5.41, 5.74) is 4.70. The van der Waals surface area contributed by atoms with E-state index in [0.717, 1.165) is 34.4 Å². The summed E-state index contributed by atoms with van der Waals surface area (Å²) in [4.78, 5) is 0. The van der Waals surface area contributed by atoms with Gasteiger partial charge in [-0.1, -0.05) is 71.9 Å². The molecule has 2 aromatic carbocycles. The minimum Gasteiger partial charge on any atom is -0.191 e. The molecule has 1 aliphatic rings. The Labute approximate surface area is 139 Å². The van der Waals surface area contributed by atoms with Crippen LogP contribution in [0.4, 0.5) is 0 Å². The number of benzene rings is 2. The molecule has 0 N–H and O–H groups in total. The average Bonchev–Trinajstić information content (AvgIpc) is 2.99. The van der Waals surface area contributed by atoms with Crippen molar-refractivity contribution in [2.24, 2.45) is 5.10 Å². The quantitative estimate of drug-likeness (QED) is 0.741. The molecular weight excluding hydrogens is 304 g/mol. The van der Waals surface area contributed by atoms with Gasteiger partial charge in [-0.2, -0.15) is 9.78 Å². The first-order valence-electron chi connectivity index (χ1n) is 7.55. The molecule has 0 fully saturated rings. The van der Waals surface area contributed by atoms with Crippen molar-refractivity contribution >= 4 is 17.5 Å². The topological polar surface area (TPSA) is 43.1 Å². The molecule has 1 aliphatic heterocycles. The second-order valence-corrected chi connectivity index (χ2v) is 6.52. The zero-order valence-corrected chi connectivity index (χ0v) is 13.6. The van der Waals surface area contributed by atoms with E-state index in [-0.39, 0.29) is 0 Å². The van der Waals surface area contributed by atoms with Gasteiger partial charge in [0.25, 0.3) is 0 Å². The summed E-state index contributed by atoms with van der Waals surface area (Å²) in [5, 5.41) is 14.2. The van der Waals surface area contributed by atoms with Gasteiger partial charge in [-0.05, 0) is 18.1 Å². The minimum absolute atomic E-state index is 0.735. The Bertz CT molecular complexity index is 850. The molecule has 3 aromatic rings. The van der Waals surface area contributed by atoms with Gasteiger partial charge in [0.05, 0.1) is 5.71 Å². The maximum atomic E-state index is 4.79. The molecule has 0 saturated carbocycles. The van der Waals surface area contributed by atoms with Crippen LogP contribution in [0.1, 0.15) is 22.5 Å². The lowest BCUT2D eigenvalue weighted by molar-refractivity contribution is 0.720. The molecule has 0 radical (unpaired) electrons. The predicted molar refractivity (Wildman–Crippen MR) is 93.1 cm³/mol. The zero-order chi connectivity index (χ0) is 15.6. The summed E-state index contributed by atoms with van der Waals surface area (Å²) in [6, 6.07) is 18.8. The van der Waals surface area contributed by atoms with E-state index in [1.165, 1.54) is 11.1 Å². The van der Waals surface area contributed by atoms with E-state index < -0.39 is 0 Å². The Morgan fingerprint density at radius 2 is 1.78 bits per heavy atom. The summed E-state index contributed by atoms with van der Waals surface area (Å²) < 4.78 is 1.89. The largest absolute Gasteiger partial charge is 0.212 e. The number of thioether (sulfide) groups is 1. The Balaban J connectivity index is 1.68. The first-order chi connectivity index (χ1) is 11.3. The van der Waals surface area contributed by atoms with Crippen molar-refractivity contribution < 1.29 is 0 Å². The molecule has 23 heavy (non-hydrogen) atoms. The molecule has 0 atom stereocenters. The van der Waals surface area contributed by atoms with Crippen LogP contribution in [-0.4, -0.2) is 26.3 Å². The van der Waals surface area contributed by atoms with Crippen molar-refractivity contribution in [2.75, 3.05) is 5.75 Å². The Hall–Kier alpha value is -2.40. The average molecular weight is 320 g/mol. The van der Waals surface area contributed by atoms with Gasteiger partial charge in [0, 0.05) is 12.2 Å². The molecule has 2 heterocycles. The Morgan fingerprint density at radius 1 is 1.00 bits per heavy atom. The maximum Gasteiger partial charge on any atom is 0.212 e. The molecule has 0 bridgehead atoms. The molecule has 0 amide bonds. The highest BCUT2D eigenvalue weighted by atomic mass is 32.2. The molecular formula is C18H16N4S. The molecule has 0 spiro atoms. The number of nitrogens with zero attached hydrogens (tertiary/aromatic N) is 4. The van der Waals surface area contributed by atoms with Crippen molar-refractivity contribution in [1.82, 2.24) is 14.9 Å². The van der Waals surface area contributed by atoms with Gasteiger partial charge < -0.3 is 0 Å². The third kappa shape index (κ3) is 2.92. The van der Waals surface area contributed by atoms with Crippen LogP contribution in [0, 0.1) is 6.92 Å². The van der Waals surface area contributed by atoms with E-state index in [1.54, 1.807) is 11.8 Å². The van der Waals surface area contributed by atoms with Crippen LogP contribution in [0.25, 0.3) is 0 Å².